The number of anilines is 1. The molecule has 1 aromatic carbocycles. The number of halogens is 2. The molecule has 0 unspecified atom stereocenters. The van der Waals surface area contributed by atoms with Crippen LogP contribution in [0.4, 0.5) is 10.1 Å². The number of aliphatic imine (C=N–C) groups is 1. The van der Waals surface area contributed by atoms with Gasteiger partial charge in [0, 0.05) is 36.9 Å². The fraction of sp³-hybridized carbons (Fsp3) is 0.211. The van der Waals surface area contributed by atoms with E-state index in [4.69, 9.17) is 0 Å². The fourth-order valence-corrected chi connectivity index (χ4v) is 2.71. The molecule has 28 heavy (non-hydrogen) atoms. The summed E-state index contributed by atoms with van der Waals surface area (Å²) < 4.78 is 13.2. The van der Waals surface area contributed by atoms with Crippen molar-refractivity contribution >= 4 is 52.4 Å². The lowest BCUT2D eigenvalue weighted by atomic mass is 10.1. The Morgan fingerprint density at radius 1 is 1.29 bits per heavy atom. The van der Waals surface area contributed by atoms with Gasteiger partial charge in [0.25, 0.3) is 0 Å². The second-order valence-corrected chi connectivity index (χ2v) is 5.90. The second-order valence-electron chi connectivity index (χ2n) is 5.90. The third-order valence-electron chi connectivity index (χ3n) is 4.00. The van der Waals surface area contributed by atoms with Crippen LogP contribution in [0.5, 0.6) is 0 Å². The van der Waals surface area contributed by atoms with Crippen LogP contribution in [-0.2, 0) is 11.2 Å². The zero-order chi connectivity index (χ0) is 19.1. The van der Waals surface area contributed by atoms with Crippen LogP contribution in [0.25, 0.3) is 10.9 Å². The van der Waals surface area contributed by atoms with Gasteiger partial charge >= 0.3 is 0 Å². The first-order chi connectivity index (χ1) is 13.2. The summed E-state index contributed by atoms with van der Waals surface area (Å²) in [5.41, 5.74) is 2.50. The molecule has 0 radical (unpaired) electrons. The normalized spacial score (nSPS) is 11.0. The maximum atomic E-state index is 13.2. The van der Waals surface area contributed by atoms with Crippen LogP contribution in [0, 0.1) is 5.82 Å². The van der Waals surface area contributed by atoms with E-state index >= 15 is 0 Å². The number of guanidine groups is 1. The number of aromatic nitrogens is 2. The molecule has 0 aliphatic carbocycles. The van der Waals surface area contributed by atoms with E-state index in [9.17, 15) is 9.18 Å². The number of hydrogen-bond acceptors (Lipinski definition) is 3. The zero-order valence-electron chi connectivity index (χ0n) is 15.3. The highest BCUT2D eigenvalue weighted by atomic mass is 127. The molecule has 0 fully saturated rings. The Morgan fingerprint density at radius 3 is 2.89 bits per heavy atom. The summed E-state index contributed by atoms with van der Waals surface area (Å²) in [4.78, 5) is 23.1. The third kappa shape index (κ3) is 5.91. The molecule has 3 aromatic rings. The van der Waals surface area contributed by atoms with Gasteiger partial charge in [-0.25, -0.2) is 4.39 Å². The summed E-state index contributed by atoms with van der Waals surface area (Å²) in [6.45, 7) is 0.704. The maximum Gasteiger partial charge on any atom is 0.243 e. The first-order valence-corrected chi connectivity index (χ1v) is 8.55. The molecular formula is C19H22FIN6O. The van der Waals surface area contributed by atoms with E-state index in [0.29, 0.717) is 18.2 Å². The lowest BCUT2D eigenvalue weighted by Crippen LogP contribution is -2.42. The fourth-order valence-electron chi connectivity index (χ4n) is 2.71. The van der Waals surface area contributed by atoms with Gasteiger partial charge in [-0.3, -0.25) is 14.8 Å². The summed E-state index contributed by atoms with van der Waals surface area (Å²) in [7, 11) is 1.64. The van der Waals surface area contributed by atoms with Gasteiger partial charge in [-0.05, 0) is 42.3 Å². The number of nitrogens with one attached hydrogen (secondary N) is 4. The van der Waals surface area contributed by atoms with Crippen molar-refractivity contribution in [1.29, 1.82) is 0 Å². The second kappa shape index (κ2) is 10.6. The predicted molar refractivity (Wildman–Crippen MR) is 120 cm³/mol. The number of fused-ring (bicyclic) bond motifs is 1. The quantitative estimate of drug-likeness (QED) is 0.240. The summed E-state index contributed by atoms with van der Waals surface area (Å²) in [5, 5.41) is 9.87. The summed E-state index contributed by atoms with van der Waals surface area (Å²) in [5.74, 6) is 0.0787. The van der Waals surface area contributed by atoms with Crippen LogP contribution in [-0.4, -0.2) is 42.0 Å². The molecule has 148 valence electrons. The molecule has 0 bridgehead atoms. The van der Waals surface area contributed by atoms with E-state index in [-0.39, 0.29) is 42.2 Å². The van der Waals surface area contributed by atoms with Crippen molar-refractivity contribution < 1.29 is 9.18 Å². The number of rotatable bonds is 6. The minimum absolute atomic E-state index is 0. The number of carbonyl (C=O) groups excluding carboxylic acids is 1. The standard InChI is InChI=1S/C19H21FN6O.HI/c1-21-19(25-12-18(27)26-15-3-2-7-22-11-15)23-8-6-13-10-24-17-9-14(20)4-5-16(13)17;/h2-5,7,9-11,24H,6,8,12H2,1H3,(H,26,27)(H2,21,23,25);1H. The van der Waals surface area contributed by atoms with Crippen LogP contribution in [0.1, 0.15) is 5.56 Å². The minimum Gasteiger partial charge on any atom is -0.361 e. The topological polar surface area (TPSA) is 94.2 Å². The highest BCUT2D eigenvalue weighted by molar-refractivity contribution is 14.0. The molecule has 0 spiro atoms. The van der Waals surface area contributed by atoms with Gasteiger partial charge in [0.15, 0.2) is 5.96 Å². The third-order valence-corrected chi connectivity index (χ3v) is 4.00. The largest absolute Gasteiger partial charge is 0.361 e. The summed E-state index contributed by atoms with van der Waals surface area (Å²) in [6, 6.07) is 8.22. The average Bonchev–Trinajstić information content (AvgIpc) is 3.07. The number of nitrogens with zero attached hydrogens (tertiary/aromatic N) is 2. The lowest BCUT2D eigenvalue weighted by molar-refractivity contribution is -0.115. The van der Waals surface area contributed by atoms with Crippen molar-refractivity contribution in [3.8, 4) is 0 Å². The molecular weight excluding hydrogens is 474 g/mol. The number of H-pyrrole nitrogens is 1. The Bertz CT molecular complexity index is 944. The number of amides is 1. The van der Waals surface area contributed by atoms with Crippen molar-refractivity contribution in [2.75, 3.05) is 25.5 Å². The molecule has 9 heteroatoms. The van der Waals surface area contributed by atoms with E-state index in [1.54, 1.807) is 37.6 Å². The number of pyridine rings is 1. The molecule has 3 rings (SSSR count). The number of benzene rings is 1. The van der Waals surface area contributed by atoms with Gasteiger partial charge in [-0.1, -0.05) is 0 Å². The Hall–Kier alpha value is -2.69. The van der Waals surface area contributed by atoms with Gasteiger partial charge in [-0.2, -0.15) is 0 Å². The van der Waals surface area contributed by atoms with Gasteiger partial charge in [0.2, 0.25) is 5.91 Å². The van der Waals surface area contributed by atoms with Gasteiger partial charge < -0.3 is 20.9 Å². The molecule has 0 saturated carbocycles. The number of hydrogen-bond donors (Lipinski definition) is 4. The lowest BCUT2D eigenvalue weighted by Gasteiger charge is -2.11. The predicted octanol–water partition coefficient (Wildman–Crippen LogP) is 2.67. The van der Waals surface area contributed by atoms with E-state index < -0.39 is 0 Å². The molecule has 0 saturated heterocycles. The maximum absolute atomic E-state index is 13.2. The van der Waals surface area contributed by atoms with E-state index in [1.807, 2.05) is 6.20 Å². The van der Waals surface area contributed by atoms with Gasteiger partial charge in [0.05, 0.1) is 18.4 Å². The highest BCUT2D eigenvalue weighted by Crippen LogP contribution is 2.19. The first-order valence-electron chi connectivity index (χ1n) is 8.55. The molecule has 0 atom stereocenters. The van der Waals surface area contributed by atoms with Gasteiger partial charge in [-0.15, -0.1) is 24.0 Å². The molecule has 2 heterocycles. The molecule has 4 N–H and O–H groups in total. The van der Waals surface area contributed by atoms with E-state index in [0.717, 1.165) is 22.9 Å². The first kappa shape index (κ1) is 21.6. The van der Waals surface area contributed by atoms with Crippen LogP contribution in [0.3, 0.4) is 0 Å². The van der Waals surface area contributed by atoms with Crippen molar-refractivity contribution in [2.45, 2.75) is 6.42 Å². The Morgan fingerprint density at radius 2 is 2.14 bits per heavy atom. The van der Waals surface area contributed by atoms with Crippen molar-refractivity contribution in [1.82, 2.24) is 20.6 Å². The minimum atomic E-state index is -0.261. The molecule has 1 amide bonds. The SMILES string of the molecule is CN=C(NCCc1c[nH]c2cc(F)ccc12)NCC(=O)Nc1cccnc1.I. The molecule has 7 nitrogen and oxygen atoms in total. The van der Waals surface area contributed by atoms with Crippen LogP contribution in [0.2, 0.25) is 0 Å². The van der Waals surface area contributed by atoms with Crippen LogP contribution >= 0.6 is 24.0 Å². The Kier molecular flexibility index (Phi) is 8.18. The molecule has 2 aromatic heterocycles. The van der Waals surface area contributed by atoms with Crippen molar-refractivity contribution in [2.24, 2.45) is 4.99 Å². The Balaban J connectivity index is 0.00000280. The van der Waals surface area contributed by atoms with Gasteiger partial charge in [0.1, 0.15) is 5.82 Å². The number of carbonyl (C=O) groups is 1. The van der Waals surface area contributed by atoms with Crippen molar-refractivity contribution in [3.63, 3.8) is 0 Å². The van der Waals surface area contributed by atoms with Crippen LogP contribution < -0.4 is 16.0 Å². The average molecular weight is 496 g/mol. The smallest absolute Gasteiger partial charge is 0.243 e. The van der Waals surface area contributed by atoms with Crippen molar-refractivity contribution in [3.05, 3.63) is 60.3 Å². The van der Waals surface area contributed by atoms with Crippen LogP contribution in [0.15, 0.2) is 53.9 Å². The zero-order valence-corrected chi connectivity index (χ0v) is 17.7. The highest BCUT2D eigenvalue weighted by Gasteiger charge is 2.07. The molecule has 0 aliphatic rings. The Labute approximate surface area is 179 Å². The summed E-state index contributed by atoms with van der Waals surface area (Å²) in [6.07, 6.45) is 5.83. The van der Waals surface area contributed by atoms with E-state index in [2.05, 4.69) is 30.9 Å². The number of aromatic amines is 1. The molecule has 0 aliphatic heterocycles. The van der Waals surface area contributed by atoms with E-state index in [1.165, 1.54) is 12.1 Å². The summed E-state index contributed by atoms with van der Waals surface area (Å²) >= 11 is 0. The monoisotopic (exact) mass is 496 g/mol.